The zero-order valence-corrected chi connectivity index (χ0v) is 18.7. The number of fused-ring (bicyclic) bond motifs is 1. The first-order valence-corrected chi connectivity index (χ1v) is 10.7. The number of benzene rings is 1. The maximum absolute atomic E-state index is 13.1. The first kappa shape index (κ1) is 21.2. The Labute approximate surface area is 195 Å². The van der Waals surface area contributed by atoms with Gasteiger partial charge in [-0.1, -0.05) is 18.2 Å². The third-order valence-corrected chi connectivity index (χ3v) is 5.45. The SMILES string of the molecule is C[C@@H](NC(=O)c1nc(-c2ccc3ncccc3c2)c(-c2ccn(C)n2)nc1N)c1ccccn1. The Morgan fingerprint density at radius 3 is 2.62 bits per heavy atom. The fourth-order valence-corrected chi connectivity index (χ4v) is 3.73. The summed E-state index contributed by atoms with van der Waals surface area (Å²) in [6, 6.07) is 16.7. The van der Waals surface area contributed by atoms with Gasteiger partial charge in [-0.05, 0) is 43.3 Å². The van der Waals surface area contributed by atoms with Gasteiger partial charge in [-0.15, -0.1) is 0 Å². The maximum atomic E-state index is 13.1. The number of carbonyl (C=O) groups is 1. The Hall–Kier alpha value is -4.66. The average molecular weight is 451 g/mol. The number of hydrogen-bond acceptors (Lipinski definition) is 7. The van der Waals surface area contributed by atoms with E-state index in [0.717, 1.165) is 22.2 Å². The van der Waals surface area contributed by atoms with Crippen LogP contribution in [0.4, 0.5) is 5.82 Å². The van der Waals surface area contributed by atoms with Crippen LogP contribution in [0.5, 0.6) is 0 Å². The number of nitrogens with two attached hydrogens (primary N) is 1. The van der Waals surface area contributed by atoms with Gasteiger partial charge in [-0.3, -0.25) is 19.4 Å². The van der Waals surface area contributed by atoms with Crippen LogP contribution in [0.2, 0.25) is 0 Å². The number of nitrogens with one attached hydrogen (secondary N) is 1. The minimum atomic E-state index is -0.431. The van der Waals surface area contributed by atoms with Crippen LogP contribution in [0.3, 0.4) is 0 Å². The maximum Gasteiger partial charge on any atom is 0.274 e. The Morgan fingerprint density at radius 2 is 1.85 bits per heavy atom. The number of nitrogen functional groups attached to an aromatic ring is 1. The van der Waals surface area contributed by atoms with E-state index in [1.54, 1.807) is 17.1 Å². The predicted octanol–water partition coefficient (Wildman–Crippen LogP) is 3.56. The molecule has 3 N–H and O–H groups in total. The van der Waals surface area contributed by atoms with E-state index in [-0.39, 0.29) is 17.6 Å². The molecular weight excluding hydrogens is 428 g/mol. The lowest BCUT2D eigenvalue weighted by Crippen LogP contribution is -2.29. The van der Waals surface area contributed by atoms with Crippen molar-refractivity contribution in [2.24, 2.45) is 7.05 Å². The molecule has 0 saturated carbocycles. The molecule has 1 aromatic carbocycles. The van der Waals surface area contributed by atoms with Crippen LogP contribution in [0.25, 0.3) is 33.5 Å². The summed E-state index contributed by atoms with van der Waals surface area (Å²) in [5, 5.41) is 8.33. The van der Waals surface area contributed by atoms with Crippen LogP contribution in [0, 0.1) is 0 Å². The highest BCUT2D eigenvalue weighted by molar-refractivity contribution is 5.98. The topological polar surface area (TPSA) is 124 Å². The molecule has 4 aromatic heterocycles. The van der Waals surface area contributed by atoms with Gasteiger partial charge in [-0.2, -0.15) is 5.10 Å². The van der Waals surface area contributed by atoms with Crippen molar-refractivity contribution in [3.05, 3.63) is 84.6 Å². The molecule has 9 heteroatoms. The van der Waals surface area contributed by atoms with Gasteiger partial charge in [0.2, 0.25) is 0 Å². The van der Waals surface area contributed by atoms with Crippen molar-refractivity contribution in [1.29, 1.82) is 0 Å². The molecule has 0 unspecified atom stereocenters. The number of aromatic nitrogens is 6. The molecule has 0 fully saturated rings. The van der Waals surface area contributed by atoms with Crippen molar-refractivity contribution in [1.82, 2.24) is 35.0 Å². The van der Waals surface area contributed by atoms with Gasteiger partial charge >= 0.3 is 0 Å². The van der Waals surface area contributed by atoms with E-state index < -0.39 is 5.91 Å². The van der Waals surface area contributed by atoms with E-state index in [1.807, 2.05) is 74.8 Å². The minimum absolute atomic E-state index is 0.0255. The number of aryl methyl sites for hydroxylation is 1. The van der Waals surface area contributed by atoms with Gasteiger partial charge < -0.3 is 11.1 Å². The van der Waals surface area contributed by atoms with Crippen molar-refractivity contribution >= 4 is 22.6 Å². The van der Waals surface area contributed by atoms with E-state index in [2.05, 4.69) is 25.4 Å². The summed E-state index contributed by atoms with van der Waals surface area (Å²) in [4.78, 5) is 31.1. The predicted molar refractivity (Wildman–Crippen MR) is 130 cm³/mol. The first-order chi connectivity index (χ1) is 16.5. The third kappa shape index (κ3) is 4.06. The monoisotopic (exact) mass is 450 g/mol. The van der Waals surface area contributed by atoms with Crippen molar-refractivity contribution in [2.45, 2.75) is 13.0 Å². The Kier molecular flexibility index (Phi) is 5.43. The summed E-state index contributed by atoms with van der Waals surface area (Å²) in [6.07, 6.45) is 5.24. The molecule has 0 aliphatic heterocycles. The number of anilines is 1. The molecule has 0 aliphatic carbocycles. The molecule has 5 aromatic rings. The summed E-state index contributed by atoms with van der Waals surface area (Å²) in [7, 11) is 1.82. The average Bonchev–Trinajstić information content (AvgIpc) is 3.30. The van der Waals surface area contributed by atoms with Gasteiger partial charge in [-0.25, -0.2) is 9.97 Å². The fraction of sp³-hybridized carbons (Fsp3) is 0.120. The van der Waals surface area contributed by atoms with Crippen LogP contribution in [0.1, 0.15) is 29.1 Å². The molecule has 1 amide bonds. The van der Waals surface area contributed by atoms with Gasteiger partial charge in [0.25, 0.3) is 5.91 Å². The third-order valence-electron chi connectivity index (χ3n) is 5.45. The lowest BCUT2D eigenvalue weighted by atomic mass is 10.0. The Bertz CT molecular complexity index is 1500. The summed E-state index contributed by atoms with van der Waals surface area (Å²) in [5.41, 5.74) is 10.2. The molecule has 0 bridgehead atoms. The summed E-state index contributed by atoms with van der Waals surface area (Å²) in [6.45, 7) is 1.85. The second kappa shape index (κ2) is 8.70. The zero-order valence-electron chi connectivity index (χ0n) is 18.7. The van der Waals surface area contributed by atoms with Gasteiger partial charge in [0, 0.05) is 36.6 Å². The van der Waals surface area contributed by atoms with Gasteiger partial charge in [0.15, 0.2) is 11.5 Å². The quantitative estimate of drug-likeness (QED) is 0.419. The molecule has 1 atom stereocenters. The molecule has 0 saturated heterocycles. The molecule has 9 nitrogen and oxygen atoms in total. The largest absolute Gasteiger partial charge is 0.382 e. The molecule has 0 aliphatic rings. The molecule has 34 heavy (non-hydrogen) atoms. The van der Waals surface area contributed by atoms with E-state index in [1.165, 1.54) is 0 Å². The number of hydrogen-bond donors (Lipinski definition) is 2. The number of amides is 1. The Balaban J connectivity index is 1.60. The van der Waals surface area contributed by atoms with Gasteiger partial charge in [0.1, 0.15) is 11.4 Å². The lowest BCUT2D eigenvalue weighted by molar-refractivity contribution is 0.0935. The lowest BCUT2D eigenvalue weighted by Gasteiger charge is -2.15. The van der Waals surface area contributed by atoms with E-state index in [4.69, 9.17) is 10.7 Å². The van der Waals surface area contributed by atoms with Crippen LogP contribution in [-0.4, -0.2) is 35.6 Å². The molecule has 5 rings (SSSR count). The smallest absolute Gasteiger partial charge is 0.274 e. The second-order valence-corrected chi connectivity index (χ2v) is 7.89. The summed E-state index contributed by atoms with van der Waals surface area (Å²) in [5.74, 6) is -0.406. The molecular formula is C25H22N8O. The fourth-order valence-electron chi connectivity index (χ4n) is 3.73. The van der Waals surface area contributed by atoms with Crippen LogP contribution in [0.15, 0.2) is 73.2 Å². The van der Waals surface area contributed by atoms with Crippen molar-refractivity contribution in [3.8, 4) is 22.6 Å². The molecule has 0 radical (unpaired) electrons. The van der Waals surface area contributed by atoms with Crippen molar-refractivity contribution in [2.75, 3.05) is 5.73 Å². The highest BCUT2D eigenvalue weighted by atomic mass is 16.2. The molecule has 4 heterocycles. The van der Waals surface area contributed by atoms with Crippen LogP contribution >= 0.6 is 0 Å². The van der Waals surface area contributed by atoms with Crippen molar-refractivity contribution in [3.63, 3.8) is 0 Å². The van der Waals surface area contributed by atoms with Crippen molar-refractivity contribution < 1.29 is 4.79 Å². The van der Waals surface area contributed by atoms with Gasteiger partial charge in [0.05, 0.1) is 22.9 Å². The van der Waals surface area contributed by atoms with Crippen LogP contribution < -0.4 is 11.1 Å². The number of rotatable bonds is 5. The second-order valence-electron chi connectivity index (χ2n) is 7.89. The Morgan fingerprint density at radius 1 is 1.00 bits per heavy atom. The minimum Gasteiger partial charge on any atom is -0.382 e. The van der Waals surface area contributed by atoms with E-state index in [0.29, 0.717) is 17.1 Å². The molecule has 0 spiro atoms. The number of nitrogens with zero attached hydrogens (tertiary/aromatic N) is 6. The standard InChI is InChI=1S/C25H22N8O/c1-15(18-7-3-4-11-27-18)29-25(34)23-24(26)31-22(20-10-13-33(2)32-20)21(30-23)17-8-9-19-16(14-17)6-5-12-28-19/h3-15H,1-2H3,(H2,26,31)(H,29,34)/t15-/m1/s1. The highest BCUT2D eigenvalue weighted by Crippen LogP contribution is 2.31. The van der Waals surface area contributed by atoms with E-state index in [9.17, 15) is 4.79 Å². The van der Waals surface area contributed by atoms with Crippen LogP contribution in [-0.2, 0) is 7.05 Å². The first-order valence-electron chi connectivity index (χ1n) is 10.7. The zero-order chi connectivity index (χ0) is 23.7. The number of carbonyl (C=O) groups excluding carboxylic acids is 1. The summed E-state index contributed by atoms with van der Waals surface area (Å²) >= 11 is 0. The number of pyridine rings is 2. The van der Waals surface area contributed by atoms with E-state index >= 15 is 0 Å². The summed E-state index contributed by atoms with van der Waals surface area (Å²) < 4.78 is 1.68. The highest BCUT2D eigenvalue weighted by Gasteiger charge is 2.22. The molecule has 168 valence electrons. The normalized spacial score (nSPS) is 11.9.